The van der Waals surface area contributed by atoms with Crippen molar-refractivity contribution in [3.8, 4) is 0 Å². The molecule has 3 rings (SSSR count). The molecular weight excluding hydrogens is 394 g/mol. The first kappa shape index (κ1) is 18.2. The maximum absolute atomic E-state index is 12.7. The molecule has 0 bridgehead atoms. The minimum absolute atomic E-state index is 0.118. The average molecular weight is 414 g/mol. The number of rotatable bonds is 3. The van der Waals surface area contributed by atoms with Crippen LogP contribution >= 0.6 is 15.9 Å². The van der Waals surface area contributed by atoms with Crippen LogP contribution in [0.1, 0.15) is 16.7 Å². The molecule has 1 aliphatic heterocycles. The number of hydrazine groups is 1. The highest BCUT2D eigenvalue weighted by Crippen LogP contribution is 2.28. The number of amides is 2. The van der Waals surface area contributed by atoms with Crippen molar-refractivity contribution < 1.29 is 9.59 Å². The van der Waals surface area contributed by atoms with Gasteiger partial charge in [0.15, 0.2) is 0 Å². The summed E-state index contributed by atoms with van der Waals surface area (Å²) in [6, 6.07) is 11.4. The predicted octanol–water partition coefficient (Wildman–Crippen LogP) is 3.59. The minimum atomic E-state index is -0.402. The van der Waals surface area contributed by atoms with Gasteiger partial charge < -0.3 is 4.90 Å². The normalized spacial score (nSPS) is 15.6. The fourth-order valence-electron chi connectivity index (χ4n) is 2.75. The van der Waals surface area contributed by atoms with Crippen LogP contribution < -0.4 is 15.3 Å². The minimum Gasteiger partial charge on any atom is -0.377 e. The van der Waals surface area contributed by atoms with E-state index < -0.39 is 5.91 Å². The molecule has 1 N–H and O–H groups in total. The van der Waals surface area contributed by atoms with Gasteiger partial charge in [-0.2, -0.15) is 0 Å². The second-order valence-electron chi connectivity index (χ2n) is 6.51. The summed E-state index contributed by atoms with van der Waals surface area (Å²) in [5, 5.41) is 1.30. The zero-order chi connectivity index (χ0) is 19.0. The van der Waals surface area contributed by atoms with Crippen LogP contribution in [0.15, 0.2) is 46.4 Å². The molecule has 2 aromatic rings. The van der Waals surface area contributed by atoms with Crippen molar-refractivity contribution in [2.75, 3.05) is 24.0 Å². The summed E-state index contributed by atoms with van der Waals surface area (Å²) < 4.78 is 0.897. The molecule has 1 fully saturated rings. The number of carbonyl (C=O) groups excluding carboxylic acids is 2. The lowest BCUT2D eigenvalue weighted by atomic mass is 10.1. The van der Waals surface area contributed by atoms with E-state index >= 15 is 0 Å². The average Bonchev–Trinajstić information content (AvgIpc) is 2.85. The molecule has 0 saturated carbocycles. The number of nitrogens with zero attached hydrogens (tertiary/aromatic N) is 2. The lowest BCUT2D eigenvalue weighted by molar-refractivity contribution is -0.117. The monoisotopic (exact) mass is 413 g/mol. The molecule has 0 radical (unpaired) electrons. The van der Waals surface area contributed by atoms with E-state index in [2.05, 4.69) is 21.4 Å². The van der Waals surface area contributed by atoms with Gasteiger partial charge in [-0.25, -0.2) is 5.01 Å². The first-order chi connectivity index (χ1) is 12.3. The number of carbonyl (C=O) groups is 2. The van der Waals surface area contributed by atoms with E-state index in [1.807, 2.05) is 69.2 Å². The number of aryl methyl sites for hydroxylation is 2. The smallest absolute Gasteiger partial charge is 0.282 e. The van der Waals surface area contributed by atoms with Gasteiger partial charge in [0.1, 0.15) is 5.57 Å². The third-order valence-corrected chi connectivity index (χ3v) is 5.04. The summed E-state index contributed by atoms with van der Waals surface area (Å²) in [7, 11) is 3.90. The van der Waals surface area contributed by atoms with Crippen LogP contribution in [-0.4, -0.2) is 25.9 Å². The van der Waals surface area contributed by atoms with Gasteiger partial charge in [0, 0.05) is 18.6 Å². The second kappa shape index (κ2) is 6.96. The first-order valence-electron chi connectivity index (χ1n) is 8.19. The van der Waals surface area contributed by atoms with Gasteiger partial charge >= 0.3 is 0 Å². The van der Waals surface area contributed by atoms with Crippen molar-refractivity contribution in [1.29, 1.82) is 0 Å². The zero-order valence-electron chi connectivity index (χ0n) is 15.1. The van der Waals surface area contributed by atoms with Crippen LogP contribution in [-0.2, 0) is 9.59 Å². The fourth-order valence-corrected chi connectivity index (χ4v) is 3.50. The van der Waals surface area contributed by atoms with Gasteiger partial charge in [0.2, 0.25) is 0 Å². The summed E-state index contributed by atoms with van der Waals surface area (Å²) >= 11 is 3.52. The number of nitrogens with one attached hydrogen (secondary N) is 1. The van der Waals surface area contributed by atoms with Crippen LogP contribution in [0.4, 0.5) is 11.4 Å². The Balaban J connectivity index is 1.92. The van der Waals surface area contributed by atoms with Gasteiger partial charge in [-0.15, -0.1) is 0 Å². The predicted molar refractivity (Wildman–Crippen MR) is 108 cm³/mol. The highest BCUT2D eigenvalue weighted by molar-refractivity contribution is 9.10. The number of hydrogen-bond acceptors (Lipinski definition) is 3. The number of halogens is 1. The highest BCUT2D eigenvalue weighted by Gasteiger charge is 2.34. The summed E-state index contributed by atoms with van der Waals surface area (Å²) in [5.41, 5.74) is 7.40. The molecule has 0 aromatic heterocycles. The van der Waals surface area contributed by atoms with Crippen LogP contribution in [0.3, 0.4) is 0 Å². The van der Waals surface area contributed by atoms with Crippen LogP contribution in [0.2, 0.25) is 0 Å². The van der Waals surface area contributed by atoms with Gasteiger partial charge in [-0.05, 0) is 76.8 Å². The van der Waals surface area contributed by atoms with Gasteiger partial charge in [0.05, 0.1) is 11.4 Å². The van der Waals surface area contributed by atoms with Crippen LogP contribution in [0.25, 0.3) is 6.08 Å². The zero-order valence-corrected chi connectivity index (χ0v) is 16.7. The lowest BCUT2D eigenvalue weighted by Gasteiger charge is -2.16. The molecule has 0 aliphatic carbocycles. The van der Waals surface area contributed by atoms with E-state index in [9.17, 15) is 9.59 Å². The molecule has 1 saturated heterocycles. The van der Waals surface area contributed by atoms with Crippen molar-refractivity contribution in [1.82, 2.24) is 5.43 Å². The fraction of sp³-hybridized carbons (Fsp3) is 0.200. The Morgan fingerprint density at radius 3 is 2.38 bits per heavy atom. The maximum atomic E-state index is 12.7. The SMILES string of the molecule is Cc1ccc(N2NC(=O)C(=Cc3ccc(N(C)C)c(Br)c3)C2=O)cc1C. The number of hydrogen-bond donors (Lipinski definition) is 1. The van der Waals surface area contributed by atoms with Gasteiger partial charge in [-0.3, -0.25) is 15.0 Å². The van der Waals surface area contributed by atoms with E-state index in [-0.39, 0.29) is 11.5 Å². The van der Waals surface area contributed by atoms with Crippen molar-refractivity contribution in [2.24, 2.45) is 0 Å². The third kappa shape index (κ3) is 3.37. The molecule has 0 unspecified atom stereocenters. The number of benzene rings is 2. The topological polar surface area (TPSA) is 52.7 Å². The Labute approximate surface area is 161 Å². The van der Waals surface area contributed by atoms with E-state index in [1.165, 1.54) is 5.01 Å². The summed E-state index contributed by atoms with van der Waals surface area (Å²) in [6.07, 6.45) is 1.61. The van der Waals surface area contributed by atoms with Crippen molar-refractivity contribution in [3.05, 3.63) is 63.1 Å². The van der Waals surface area contributed by atoms with Crippen molar-refractivity contribution in [2.45, 2.75) is 13.8 Å². The number of anilines is 2. The molecule has 6 heteroatoms. The summed E-state index contributed by atoms with van der Waals surface area (Å²) in [6.45, 7) is 3.98. The Bertz CT molecular complexity index is 935. The van der Waals surface area contributed by atoms with E-state index in [4.69, 9.17) is 0 Å². The van der Waals surface area contributed by atoms with Crippen LogP contribution in [0.5, 0.6) is 0 Å². The maximum Gasteiger partial charge on any atom is 0.282 e. The van der Waals surface area contributed by atoms with E-state index in [0.29, 0.717) is 5.69 Å². The summed E-state index contributed by atoms with van der Waals surface area (Å²) in [5.74, 6) is -0.757. The Hall–Kier alpha value is -2.60. The largest absolute Gasteiger partial charge is 0.377 e. The van der Waals surface area contributed by atoms with Crippen molar-refractivity contribution >= 4 is 45.2 Å². The van der Waals surface area contributed by atoms with Crippen molar-refractivity contribution in [3.63, 3.8) is 0 Å². The van der Waals surface area contributed by atoms with E-state index in [0.717, 1.165) is 26.9 Å². The molecule has 26 heavy (non-hydrogen) atoms. The molecule has 2 aromatic carbocycles. The Kier molecular flexibility index (Phi) is 4.87. The van der Waals surface area contributed by atoms with Crippen LogP contribution in [0, 0.1) is 13.8 Å². The molecule has 134 valence electrons. The molecule has 1 aliphatic rings. The lowest BCUT2D eigenvalue weighted by Crippen LogP contribution is -2.35. The Morgan fingerprint density at radius 1 is 1.04 bits per heavy atom. The standard InChI is InChI=1S/C20H20BrN3O2/c1-12-5-7-15(9-13(12)2)24-20(26)16(19(25)22-24)10-14-6-8-18(23(3)4)17(21)11-14/h5-11H,1-4H3,(H,22,25). The highest BCUT2D eigenvalue weighted by atomic mass is 79.9. The van der Waals surface area contributed by atoms with Gasteiger partial charge in [0.25, 0.3) is 11.8 Å². The second-order valence-corrected chi connectivity index (χ2v) is 7.37. The van der Waals surface area contributed by atoms with Gasteiger partial charge in [-0.1, -0.05) is 12.1 Å². The molecular formula is C20H20BrN3O2. The third-order valence-electron chi connectivity index (χ3n) is 4.40. The molecule has 1 heterocycles. The molecule has 0 atom stereocenters. The molecule has 5 nitrogen and oxygen atoms in total. The van der Waals surface area contributed by atoms with E-state index in [1.54, 1.807) is 6.08 Å². The first-order valence-corrected chi connectivity index (χ1v) is 8.98. The molecule has 2 amide bonds. The molecule has 0 spiro atoms. The quantitative estimate of drug-likeness (QED) is 0.617. The summed E-state index contributed by atoms with van der Waals surface area (Å²) in [4.78, 5) is 27.0. The Morgan fingerprint density at radius 2 is 1.77 bits per heavy atom.